The van der Waals surface area contributed by atoms with Gasteiger partial charge in [-0.15, -0.1) is 11.8 Å². The first-order valence-electron chi connectivity index (χ1n) is 8.77. The maximum atomic E-state index is 12.3. The molecule has 0 aliphatic carbocycles. The summed E-state index contributed by atoms with van der Waals surface area (Å²) in [6.45, 7) is 3.97. The molecular formula is C19H20N4O4S. The number of likely N-dealkylation sites (N-methyl/N-ethyl adjacent to an activating group) is 1. The Labute approximate surface area is 166 Å². The van der Waals surface area contributed by atoms with Gasteiger partial charge in [0.25, 0.3) is 5.69 Å². The molecule has 2 aromatic carbocycles. The van der Waals surface area contributed by atoms with E-state index in [0.717, 1.165) is 43.0 Å². The molecule has 3 rings (SSSR count). The second-order valence-corrected chi connectivity index (χ2v) is 7.33. The van der Waals surface area contributed by atoms with Crippen molar-refractivity contribution < 1.29 is 14.5 Å². The first-order chi connectivity index (χ1) is 13.4. The number of nitrogens with two attached hydrogens (primary N) is 1. The third-order valence-electron chi connectivity index (χ3n) is 4.54. The van der Waals surface area contributed by atoms with Gasteiger partial charge in [0.05, 0.1) is 15.6 Å². The number of benzene rings is 2. The normalized spacial score (nSPS) is 12.5. The van der Waals surface area contributed by atoms with Gasteiger partial charge in [-0.05, 0) is 43.2 Å². The number of amides is 2. The summed E-state index contributed by atoms with van der Waals surface area (Å²) in [5.74, 6) is -1.000. The highest BCUT2D eigenvalue weighted by molar-refractivity contribution is 8.00. The monoisotopic (exact) mass is 400 g/mol. The predicted molar refractivity (Wildman–Crippen MR) is 109 cm³/mol. The van der Waals surface area contributed by atoms with E-state index in [0.29, 0.717) is 10.6 Å². The van der Waals surface area contributed by atoms with E-state index >= 15 is 0 Å². The van der Waals surface area contributed by atoms with Crippen LogP contribution in [-0.4, -0.2) is 35.6 Å². The average Bonchev–Trinajstić information content (AvgIpc) is 3.08. The zero-order valence-electron chi connectivity index (χ0n) is 15.3. The fourth-order valence-corrected chi connectivity index (χ4v) is 3.93. The Balaban J connectivity index is 1.67. The molecule has 0 saturated heterocycles. The number of nitro benzene ring substituents is 1. The number of anilines is 2. The number of nitrogens with one attached hydrogen (secondary N) is 1. The van der Waals surface area contributed by atoms with E-state index in [9.17, 15) is 19.7 Å². The molecule has 0 aromatic heterocycles. The van der Waals surface area contributed by atoms with Crippen molar-refractivity contribution >= 4 is 40.6 Å². The molecule has 28 heavy (non-hydrogen) atoms. The van der Waals surface area contributed by atoms with Gasteiger partial charge in [-0.3, -0.25) is 19.7 Å². The highest BCUT2D eigenvalue weighted by atomic mass is 32.2. The van der Waals surface area contributed by atoms with Crippen LogP contribution in [-0.2, 0) is 11.2 Å². The summed E-state index contributed by atoms with van der Waals surface area (Å²) in [5, 5.41) is 14.1. The lowest BCUT2D eigenvalue weighted by molar-refractivity contribution is -0.387. The van der Waals surface area contributed by atoms with Crippen LogP contribution in [0.2, 0.25) is 0 Å². The van der Waals surface area contributed by atoms with Gasteiger partial charge in [0.15, 0.2) is 0 Å². The lowest BCUT2D eigenvalue weighted by atomic mass is 10.1. The van der Waals surface area contributed by atoms with E-state index < -0.39 is 10.8 Å². The molecule has 0 spiro atoms. The smallest absolute Gasteiger partial charge is 0.283 e. The van der Waals surface area contributed by atoms with Crippen LogP contribution in [0.15, 0.2) is 41.3 Å². The fourth-order valence-electron chi connectivity index (χ4n) is 3.13. The number of hydrogen-bond donors (Lipinski definition) is 2. The van der Waals surface area contributed by atoms with Crippen molar-refractivity contribution in [2.45, 2.75) is 18.2 Å². The number of hydrogen-bond acceptors (Lipinski definition) is 6. The molecule has 0 radical (unpaired) electrons. The van der Waals surface area contributed by atoms with Gasteiger partial charge in [-0.25, -0.2) is 0 Å². The Kier molecular flexibility index (Phi) is 5.84. The van der Waals surface area contributed by atoms with Crippen LogP contribution in [0.1, 0.15) is 22.8 Å². The lowest BCUT2D eigenvalue weighted by Gasteiger charge is -2.17. The molecule has 2 amide bonds. The maximum Gasteiger partial charge on any atom is 0.283 e. The molecular weight excluding hydrogens is 380 g/mol. The summed E-state index contributed by atoms with van der Waals surface area (Å²) in [5.41, 5.74) is 8.06. The van der Waals surface area contributed by atoms with Crippen LogP contribution in [0.5, 0.6) is 0 Å². The van der Waals surface area contributed by atoms with Crippen molar-refractivity contribution in [3.05, 3.63) is 57.6 Å². The van der Waals surface area contributed by atoms with Crippen LogP contribution in [0.4, 0.5) is 17.1 Å². The van der Waals surface area contributed by atoms with E-state index in [1.54, 1.807) is 0 Å². The minimum Gasteiger partial charge on any atom is -0.371 e. The third-order valence-corrected chi connectivity index (χ3v) is 5.60. The fraction of sp³-hybridized carbons (Fsp3) is 0.263. The summed E-state index contributed by atoms with van der Waals surface area (Å²) in [7, 11) is 0. The van der Waals surface area contributed by atoms with Crippen LogP contribution in [0.3, 0.4) is 0 Å². The number of fused-ring (bicyclic) bond motifs is 1. The molecule has 0 unspecified atom stereocenters. The Morgan fingerprint density at radius 2 is 2.07 bits per heavy atom. The zero-order chi connectivity index (χ0) is 20.3. The van der Waals surface area contributed by atoms with Crippen molar-refractivity contribution in [2.24, 2.45) is 5.73 Å². The molecule has 2 aromatic rings. The Morgan fingerprint density at radius 1 is 1.29 bits per heavy atom. The molecule has 0 bridgehead atoms. The molecule has 9 heteroatoms. The lowest BCUT2D eigenvalue weighted by Crippen LogP contribution is -2.19. The number of nitrogens with zero attached hydrogens (tertiary/aromatic N) is 2. The van der Waals surface area contributed by atoms with E-state index in [-0.39, 0.29) is 22.9 Å². The molecule has 1 aliphatic heterocycles. The maximum absolute atomic E-state index is 12.3. The van der Waals surface area contributed by atoms with Crippen molar-refractivity contribution in [1.29, 1.82) is 0 Å². The van der Waals surface area contributed by atoms with Gasteiger partial charge in [0, 0.05) is 36.1 Å². The standard InChI is InChI=1S/C19H20N4O4S/c1-2-22-8-7-12-3-5-14(10-15(12)22)21-18(24)11-28-17-6-4-13(19(20)25)9-16(17)23(26)27/h3-6,9-10H,2,7-8,11H2,1H3,(H2,20,25)(H,21,24). The minimum absolute atomic E-state index is 0.00529. The molecule has 1 aliphatic rings. The van der Waals surface area contributed by atoms with Gasteiger partial charge >= 0.3 is 0 Å². The molecule has 0 fully saturated rings. The second-order valence-electron chi connectivity index (χ2n) is 6.31. The third kappa shape index (κ3) is 4.25. The van der Waals surface area contributed by atoms with E-state index in [4.69, 9.17) is 5.73 Å². The highest BCUT2D eigenvalue weighted by Crippen LogP contribution is 2.32. The largest absolute Gasteiger partial charge is 0.371 e. The van der Waals surface area contributed by atoms with Gasteiger partial charge < -0.3 is 16.0 Å². The quantitative estimate of drug-likeness (QED) is 0.419. The minimum atomic E-state index is -0.741. The van der Waals surface area contributed by atoms with Crippen molar-refractivity contribution in [3.8, 4) is 0 Å². The SMILES string of the molecule is CCN1CCc2ccc(NC(=O)CSc3ccc(C(N)=O)cc3[N+](=O)[O-])cc21. The number of thioether (sulfide) groups is 1. The molecule has 0 atom stereocenters. The van der Waals surface area contributed by atoms with E-state index in [1.807, 2.05) is 18.2 Å². The summed E-state index contributed by atoms with van der Waals surface area (Å²) in [6, 6.07) is 9.81. The topological polar surface area (TPSA) is 119 Å². The number of carbonyl (C=O) groups is 2. The predicted octanol–water partition coefficient (Wildman–Crippen LogP) is 2.81. The van der Waals surface area contributed by atoms with E-state index in [2.05, 4.69) is 17.1 Å². The number of primary amides is 1. The summed E-state index contributed by atoms with van der Waals surface area (Å²) in [4.78, 5) is 36.7. The van der Waals surface area contributed by atoms with Crippen LogP contribution in [0, 0.1) is 10.1 Å². The second kappa shape index (κ2) is 8.30. The summed E-state index contributed by atoms with van der Waals surface area (Å²) in [6.07, 6.45) is 0.998. The van der Waals surface area contributed by atoms with Gasteiger partial charge in [-0.1, -0.05) is 6.07 Å². The molecule has 146 valence electrons. The zero-order valence-corrected chi connectivity index (χ0v) is 16.1. The van der Waals surface area contributed by atoms with Crippen LogP contribution < -0.4 is 16.0 Å². The van der Waals surface area contributed by atoms with Crippen molar-refractivity contribution in [3.63, 3.8) is 0 Å². The van der Waals surface area contributed by atoms with Gasteiger partial charge in [0.2, 0.25) is 11.8 Å². The number of nitro groups is 1. The Morgan fingerprint density at radius 3 is 2.75 bits per heavy atom. The molecule has 3 N–H and O–H groups in total. The number of rotatable bonds is 7. The first kappa shape index (κ1) is 19.7. The van der Waals surface area contributed by atoms with Gasteiger partial charge in [-0.2, -0.15) is 0 Å². The average molecular weight is 400 g/mol. The number of carbonyl (C=O) groups excluding carboxylic acids is 2. The van der Waals surface area contributed by atoms with Crippen molar-refractivity contribution in [2.75, 3.05) is 29.1 Å². The molecule has 8 nitrogen and oxygen atoms in total. The van der Waals surface area contributed by atoms with Gasteiger partial charge in [0.1, 0.15) is 0 Å². The van der Waals surface area contributed by atoms with Crippen LogP contribution in [0.25, 0.3) is 0 Å². The first-order valence-corrected chi connectivity index (χ1v) is 9.76. The Hall–Kier alpha value is -3.07. The molecule has 1 heterocycles. The molecule has 0 saturated carbocycles. The van der Waals surface area contributed by atoms with Crippen LogP contribution >= 0.6 is 11.8 Å². The van der Waals surface area contributed by atoms with E-state index in [1.165, 1.54) is 17.7 Å². The summed E-state index contributed by atoms with van der Waals surface area (Å²) >= 11 is 1.04. The summed E-state index contributed by atoms with van der Waals surface area (Å²) < 4.78 is 0. The highest BCUT2D eigenvalue weighted by Gasteiger charge is 2.20. The Bertz CT molecular complexity index is 948. The van der Waals surface area contributed by atoms with Crippen molar-refractivity contribution in [1.82, 2.24) is 0 Å².